The van der Waals surface area contributed by atoms with Crippen LogP contribution < -0.4 is 0 Å². The second-order valence-electron chi connectivity index (χ2n) is 22.9. The second kappa shape index (κ2) is 15.3. The minimum absolute atomic E-state index is 0.111. The van der Waals surface area contributed by atoms with Crippen LogP contribution in [0.5, 0.6) is 0 Å². The lowest BCUT2D eigenvalue weighted by Gasteiger charge is -2.73. The highest BCUT2D eigenvalue weighted by Crippen LogP contribution is 2.80. The molecule has 0 aromatic heterocycles. The third-order valence-electron chi connectivity index (χ3n) is 21.5. The first-order chi connectivity index (χ1) is 27.9. The number of aliphatic hydroxyl groups excluding tert-OH is 2. The summed E-state index contributed by atoms with van der Waals surface area (Å²) in [4.78, 5) is 0. The lowest BCUT2D eigenvalue weighted by Crippen LogP contribution is -2.68. The van der Waals surface area contributed by atoms with Gasteiger partial charge in [0.15, 0.2) is 0 Å². The van der Waals surface area contributed by atoms with E-state index in [9.17, 15) is 10.2 Å². The summed E-state index contributed by atoms with van der Waals surface area (Å²) in [5.74, 6) is 9.86. The Morgan fingerprint density at radius 3 is 1.90 bits per heavy atom. The zero-order chi connectivity index (χ0) is 40.1. The quantitative estimate of drug-likeness (QED) is 0.183. The Balaban J connectivity index is 0.985. The molecule has 5 heteroatoms. The number of rotatable bonds is 8. The molecule has 58 heavy (non-hydrogen) atoms. The Hall–Kier alpha value is -0.590. The molecule has 0 saturated heterocycles. The van der Waals surface area contributed by atoms with Crippen molar-refractivity contribution in [2.24, 2.45) is 80.3 Å². The molecule has 6 unspecified atom stereocenters. The van der Waals surface area contributed by atoms with E-state index < -0.39 is 0 Å². The van der Waals surface area contributed by atoms with Gasteiger partial charge in [0.05, 0.1) is 16.3 Å². The van der Waals surface area contributed by atoms with Gasteiger partial charge < -0.3 is 10.2 Å². The molecule has 0 spiro atoms. The third-order valence-corrected chi connectivity index (χ3v) is 25.8. The minimum Gasteiger partial charge on any atom is -0.393 e. The van der Waals surface area contributed by atoms with Gasteiger partial charge in [0.1, 0.15) is 0 Å². The van der Waals surface area contributed by atoms with Gasteiger partial charge in [0.2, 0.25) is 0 Å². The average Bonchev–Trinajstić information content (AvgIpc) is 3.73. The molecule has 2 nitrogen and oxygen atoms in total. The van der Waals surface area contributed by atoms with Gasteiger partial charge in [-0.2, -0.15) is 12.6 Å². The van der Waals surface area contributed by atoms with E-state index in [1.54, 1.807) is 0 Å². The Kier molecular flexibility index (Phi) is 10.9. The van der Waals surface area contributed by atoms with Crippen LogP contribution in [0, 0.1) is 80.3 Å². The van der Waals surface area contributed by atoms with Crippen molar-refractivity contribution >= 4 is 36.2 Å². The fourth-order valence-corrected chi connectivity index (χ4v) is 22.8. The van der Waals surface area contributed by atoms with Crippen LogP contribution in [-0.4, -0.2) is 32.3 Å². The standard InChI is InChI=1S/C53H76O2S3/c1-48-24-21-46-41(43(48)18-16-38(48)32-56)17-15-37-29-40(55)30-47(51(37,46)4)52-27-20-42-44(49(52,2)25-19-39(54)31-52)22-26-50(3)45(42)23-28-53(50,57-33-35-11-7-5-8-12-35)58-34-36-13-9-6-10-14-36/h5-14,37-47,54-56H,15-34H2,1-4H3/t37?,38?,39?,40?,41-,42+,43-,44+,45-,46+,47?,48+,49+,50-,51-,52?/m0/s1. The van der Waals surface area contributed by atoms with Crippen LogP contribution >= 0.6 is 36.2 Å². The maximum absolute atomic E-state index is 12.0. The summed E-state index contributed by atoms with van der Waals surface area (Å²) in [5, 5.41) is 23.9. The summed E-state index contributed by atoms with van der Waals surface area (Å²) in [6.45, 7) is 11.0. The van der Waals surface area contributed by atoms with Crippen molar-refractivity contribution in [3.8, 4) is 0 Å². The van der Waals surface area contributed by atoms with E-state index in [-0.39, 0.29) is 32.5 Å². The number of hydrogen-bond acceptors (Lipinski definition) is 5. The fraction of sp³-hybridized carbons (Fsp3) is 0.774. The van der Waals surface area contributed by atoms with Gasteiger partial charge in [0.25, 0.3) is 0 Å². The van der Waals surface area contributed by atoms with Crippen molar-refractivity contribution in [3.05, 3.63) is 71.8 Å². The van der Waals surface area contributed by atoms with Gasteiger partial charge >= 0.3 is 0 Å². The number of aliphatic hydroxyl groups is 2. The number of thioether (sulfide) groups is 2. The molecule has 8 aliphatic rings. The molecule has 318 valence electrons. The molecule has 0 heterocycles. The molecule has 2 aromatic carbocycles. The predicted molar refractivity (Wildman–Crippen MR) is 249 cm³/mol. The first-order valence-electron chi connectivity index (χ1n) is 24.2. The molecule has 0 amide bonds. The highest BCUT2D eigenvalue weighted by molar-refractivity contribution is 8.17. The Labute approximate surface area is 366 Å². The summed E-state index contributed by atoms with van der Waals surface area (Å²) in [6, 6.07) is 22.6. The first kappa shape index (κ1) is 41.4. The zero-order valence-electron chi connectivity index (χ0n) is 36.4. The molecule has 2 aromatic rings. The number of benzene rings is 2. The average molecular weight is 841 g/mol. The van der Waals surface area contributed by atoms with Gasteiger partial charge in [-0.05, 0) is 206 Å². The largest absolute Gasteiger partial charge is 0.393 e. The van der Waals surface area contributed by atoms with Gasteiger partial charge in [-0.1, -0.05) is 88.4 Å². The second-order valence-corrected chi connectivity index (χ2v) is 26.1. The third kappa shape index (κ3) is 6.07. The maximum atomic E-state index is 12.0. The molecule has 0 aliphatic heterocycles. The predicted octanol–water partition coefficient (Wildman–Crippen LogP) is 13.5. The highest BCUT2D eigenvalue weighted by atomic mass is 32.2. The lowest BCUT2D eigenvalue weighted by molar-refractivity contribution is -0.259. The molecule has 8 fully saturated rings. The van der Waals surface area contributed by atoms with Crippen molar-refractivity contribution in [1.82, 2.24) is 0 Å². The summed E-state index contributed by atoms with van der Waals surface area (Å²) < 4.78 is 0.208. The normalized spacial score (nSPS) is 49.1. The van der Waals surface area contributed by atoms with Crippen molar-refractivity contribution in [3.63, 3.8) is 0 Å². The van der Waals surface area contributed by atoms with Crippen LogP contribution in [0.2, 0.25) is 0 Å². The summed E-state index contributed by atoms with van der Waals surface area (Å²) in [5.41, 5.74) is 4.27. The highest BCUT2D eigenvalue weighted by Gasteiger charge is 2.73. The van der Waals surface area contributed by atoms with Crippen LogP contribution in [0.25, 0.3) is 0 Å². The molecule has 2 N–H and O–H groups in total. The van der Waals surface area contributed by atoms with Gasteiger partial charge in [-0.3, -0.25) is 0 Å². The van der Waals surface area contributed by atoms with E-state index in [2.05, 4.69) is 112 Å². The molecule has 16 atom stereocenters. The zero-order valence-corrected chi connectivity index (χ0v) is 39.0. The summed E-state index contributed by atoms with van der Waals surface area (Å²) >= 11 is 9.53. The number of fused-ring (bicyclic) bond motifs is 10. The fourth-order valence-electron chi connectivity index (χ4n) is 18.6. The van der Waals surface area contributed by atoms with Crippen LogP contribution in [-0.2, 0) is 11.5 Å². The molecular weight excluding hydrogens is 765 g/mol. The first-order valence-corrected chi connectivity index (χ1v) is 26.8. The van der Waals surface area contributed by atoms with Crippen LogP contribution in [0.4, 0.5) is 0 Å². The topological polar surface area (TPSA) is 40.5 Å². The lowest BCUT2D eigenvalue weighted by atomic mass is 9.32. The van der Waals surface area contributed by atoms with Crippen molar-refractivity contribution in [2.45, 2.75) is 165 Å². The minimum atomic E-state index is -0.192. The van der Waals surface area contributed by atoms with Gasteiger partial charge in [0, 0.05) is 11.5 Å². The van der Waals surface area contributed by atoms with Gasteiger partial charge in [-0.25, -0.2) is 0 Å². The summed E-state index contributed by atoms with van der Waals surface area (Å²) in [6.07, 6.45) is 21.0. The van der Waals surface area contributed by atoms with E-state index in [0.29, 0.717) is 22.7 Å². The Bertz CT molecular complexity index is 1730. The van der Waals surface area contributed by atoms with E-state index >= 15 is 0 Å². The van der Waals surface area contributed by atoms with E-state index in [1.807, 2.05) is 0 Å². The van der Waals surface area contributed by atoms with Crippen molar-refractivity contribution < 1.29 is 10.2 Å². The Morgan fingerprint density at radius 1 is 0.586 bits per heavy atom. The van der Waals surface area contributed by atoms with E-state index in [0.717, 1.165) is 84.4 Å². The van der Waals surface area contributed by atoms with Crippen LogP contribution in [0.1, 0.15) is 148 Å². The molecule has 8 saturated carbocycles. The molecule has 0 bridgehead atoms. The van der Waals surface area contributed by atoms with E-state index in [1.165, 1.54) is 94.6 Å². The van der Waals surface area contributed by atoms with Crippen LogP contribution in [0.3, 0.4) is 0 Å². The van der Waals surface area contributed by atoms with Crippen molar-refractivity contribution in [2.75, 3.05) is 5.75 Å². The molecule has 10 rings (SSSR count). The van der Waals surface area contributed by atoms with Crippen molar-refractivity contribution in [1.29, 1.82) is 0 Å². The summed E-state index contributed by atoms with van der Waals surface area (Å²) in [7, 11) is 0. The molecule has 0 radical (unpaired) electrons. The SMILES string of the molecule is C[C@]12C(CC[C@@H]3[C@H]1CC[C@]1(C)C(CS)CC[C@@H]31)CC(O)CC2C12CC[C@@H]3[C@@H](CC[C@@]4(C)[C@H]3CCC4(SCc3ccccc3)SCc3ccccc3)[C@@]1(C)CCC(O)C2. The van der Waals surface area contributed by atoms with Gasteiger partial charge in [-0.15, -0.1) is 23.5 Å². The molecule has 8 aliphatic carbocycles. The van der Waals surface area contributed by atoms with E-state index in [4.69, 9.17) is 12.6 Å². The Morgan fingerprint density at radius 2 is 1.21 bits per heavy atom. The molecular formula is C53H76O2S3. The number of hydrogen-bond donors (Lipinski definition) is 3. The van der Waals surface area contributed by atoms with Crippen LogP contribution in [0.15, 0.2) is 60.7 Å². The maximum Gasteiger partial charge on any atom is 0.0673 e. The smallest absolute Gasteiger partial charge is 0.0673 e. The monoisotopic (exact) mass is 841 g/mol. The number of thiol groups is 1.